The van der Waals surface area contributed by atoms with Crippen LogP contribution in [0, 0.1) is 5.82 Å². The fourth-order valence-electron chi connectivity index (χ4n) is 3.65. The lowest BCUT2D eigenvalue weighted by Crippen LogP contribution is -3.11. The molecule has 5 heteroatoms. The summed E-state index contributed by atoms with van der Waals surface area (Å²) in [7, 11) is 0. The number of halogens is 1. The zero-order chi connectivity index (χ0) is 18.1. The van der Waals surface area contributed by atoms with Crippen LogP contribution >= 0.6 is 0 Å². The Labute approximate surface area is 151 Å². The van der Waals surface area contributed by atoms with Crippen molar-refractivity contribution < 1.29 is 23.9 Å². The van der Waals surface area contributed by atoms with Crippen molar-refractivity contribution >= 4 is 11.9 Å². The third kappa shape index (κ3) is 3.22. The lowest BCUT2D eigenvalue weighted by Gasteiger charge is -2.26. The molecule has 2 aliphatic heterocycles. The molecule has 2 aromatic rings. The number of nitrogens with one attached hydrogen (secondary N) is 1. The molecule has 2 heterocycles. The number of rotatable bonds is 3. The van der Waals surface area contributed by atoms with Crippen LogP contribution in [0.2, 0.25) is 0 Å². The molecule has 0 bridgehead atoms. The smallest absolute Gasteiger partial charge is 0.231 e. The minimum absolute atomic E-state index is 0.0855. The largest absolute Gasteiger partial charge is 0.872 e. The zero-order valence-electron chi connectivity index (χ0n) is 14.4. The van der Waals surface area contributed by atoms with Gasteiger partial charge in [0.05, 0.1) is 18.7 Å². The Bertz CT molecular complexity index is 868. The molecule has 0 spiro atoms. The second-order valence-electron chi connectivity index (χ2n) is 6.90. The first kappa shape index (κ1) is 16.8. The lowest BCUT2D eigenvalue weighted by molar-refractivity contribution is -0.918. The number of quaternary nitrogens is 1. The van der Waals surface area contributed by atoms with Crippen molar-refractivity contribution in [2.45, 2.75) is 25.8 Å². The highest BCUT2D eigenvalue weighted by molar-refractivity contribution is 6.14. The molecular weight excluding hydrogens is 333 g/mol. The summed E-state index contributed by atoms with van der Waals surface area (Å²) in [5.74, 6) is -0.0881. The van der Waals surface area contributed by atoms with Crippen LogP contribution in [0.15, 0.2) is 42.2 Å². The molecule has 134 valence electrons. The molecule has 26 heavy (non-hydrogen) atoms. The molecule has 1 saturated heterocycles. The van der Waals surface area contributed by atoms with Gasteiger partial charge in [-0.05, 0) is 49.1 Å². The average Bonchev–Trinajstić information content (AvgIpc) is 2.96. The number of fused-ring (bicyclic) bond motifs is 1. The molecule has 1 fully saturated rings. The molecule has 0 saturated carbocycles. The molecule has 0 atom stereocenters. The zero-order valence-corrected chi connectivity index (χ0v) is 14.4. The number of ether oxygens (including phenoxy) is 1. The minimum Gasteiger partial charge on any atom is -0.872 e. The number of carbonyl (C=O) groups is 1. The van der Waals surface area contributed by atoms with E-state index in [0.29, 0.717) is 29.0 Å². The van der Waals surface area contributed by atoms with Crippen LogP contribution in [-0.2, 0) is 6.54 Å². The number of allylic oxidation sites excluding steroid dienone is 1. The van der Waals surface area contributed by atoms with Crippen LogP contribution in [0.25, 0.3) is 6.08 Å². The van der Waals surface area contributed by atoms with Crippen molar-refractivity contribution in [3.8, 4) is 11.5 Å². The monoisotopic (exact) mass is 353 g/mol. The van der Waals surface area contributed by atoms with Crippen LogP contribution in [-0.4, -0.2) is 18.9 Å². The minimum atomic E-state index is -0.336. The Hall–Kier alpha value is -2.66. The molecular formula is C21H20FNO3. The Balaban J connectivity index is 1.64. The summed E-state index contributed by atoms with van der Waals surface area (Å²) in [5, 5.41) is 12.4. The van der Waals surface area contributed by atoms with Crippen molar-refractivity contribution in [1.29, 1.82) is 0 Å². The SMILES string of the molecule is O=C1/C(=C/c2ccc(F)cc2)Oc2c1ccc([O-])c2C[NH+]1CCCCC1. The van der Waals surface area contributed by atoms with Crippen molar-refractivity contribution in [3.63, 3.8) is 0 Å². The van der Waals surface area contributed by atoms with E-state index < -0.39 is 0 Å². The number of hydrogen-bond donors (Lipinski definition) is 1. The molecule has 4 rings (SSSR count). The molecule has 2 aliphatic rings. The van der Waals surface area contributed by atoms with Gasteiger partial charge in [0.2, 0.25) is 5.78 Å². The molecule has 0 amide bonds. The van der Waals surface area contributed by atoms with E-state index in [-0.39, 0.29) is 23.1 Å². The van der Waals surface area contributed by atoms with Gasteiger partial charge in [0.25, 0.3) is 0 Å². The van der Waals surface area contributed by atoms with Gasteiger partial charge in [0, 0.05) is 5.56 Å². The Morgan fingerprint density at radius 3 is 2.54 bits per heavy atom. The van der Waals surface area contributed by atoms with Crippen LogP contribution < -0.4 is 14.7 Å². The number of carbonyl (C=O) groups excluding carboxylic acids is 1. The van der Waals surface area contributed by atoms with Gasteiger partial charge in [0.15, 0.2) is 5.76 Å². The van der Waals surface area contributed by atoms with Gasteiger partial charge in [-0.1, -0.05) is 23.9 Å². The number of benzene rings is 2. The maximum absolute atomic E-state index is 13.1. The fourth-order valence-corrected chi connectivity index (χ4v) is 3.65. The maximum Gasteiger partial charge on any atom is 0.231 e. The summed E-state index contributed by atoms with van der Waals surface area (Å²) in [5.41, 5.74) is 1.69. The van der Waals surface area contributed by atoms with E-state index >= 15 is 0 Å². The molecule has 2 aromatic carbocycles. The predicted molar refractivity (Wildman–Crippen MR) is 93.5 cm³/mol. The van der Waals surface area contributed by atoms with Crippen LogP contribution in [0.1, 0.15) is 40.7 Å². The normalized spacial score (nSPS) is 18.8. The average molecular weight is 353 g/mol. The van der Waals surface area contributed by atoms with Crippen molar-refractivity contribution in [3.05, 3.63) is 64.7 Å². The first-order valence-electron chi connectivity index (χ1n) is 8.98. The number of Topliss-reactive ketones (excluding diaryl/α,β-unsaturated/α-hetero) is 1. The van der Waals surface area contributed by atoms with Gasteiger partial charge in [-0.15, -0.1) is 0 Å². The second-order valence-corrected chi connectivity index (χ2v) is 6.90. The summed E-state index contributed by atoms with van der Waals surface area (Å²) in [6.45, 7) is 2.66. The molecule has 0 radical (unpaired) electrons. The van der Waals surface area contributed by atoms with E-state index in [2.05, 4.69) is 0 Å². The third-order valence-electron chi connectivity index (χ3n) is 5.05. The quantitative estimate of drug-likeness (QED) is 0.860. The first-order chi connectivity index (χ1) is 12.6. The van der Waals surface area contributed by atoms with E-state index in [1.54, 1.807) is 24.3 Å². The predicted octanol–water partition coefficient (Wildman–Crippen LogP) is 2.08. The standard InChI is InChI=1S/C21H20FNO3/c22-15-6-4-14(5-7-15)12-19-20(25)16-8-9-18(24)17(21(16)26-19)13-23-10-2-1-3-11-23/h4-9,12,24H,1-3,10-11,13H2/b19-12-. The van der Waals surface area contributed by atoms with Crippen molar-refractivity contribution in [2.24, 2.45) is 0 Å². The first-order valence-corrected chi connectivity index (χ1v) is 8.98. The van der Waals surface area contributed by atoms with Crippen LogP contribution in [0.5, 0.6) is 11.5 Å². The lowest BCUT2D eigenvalue weighted by atomic mass is 10.0. The van der Waals surface area contributed by atoms with E-state index in [1.165, 1.54) is 29.5 Å². The number of likely N-dealkylation sites (tertiary alicyclic amines) is 1. The summed E-state index contributed by atoms with van der Waals surface area (Å²) < 4.78 is 18.9. The molecule has 0 aromatic heterocycles. The summed E-state index contributed by atoms with van der Waals surface area (Å²) in [6, 6.07) is 8.83. The van der Waals surface area contributed by atoms with Crippen molar-refractivity contribution in [1.82, 2.24) is 0 Å². The van der Waals surface area contributed by atoms with E-state index in [1.807, 2.05) is 0 Å². The van der Waals surface area contributed by atoms with Gasteiger partial charge in [0.1, 0.15) is 18.1 Å². The highest BCUT2D eigenvalue weighted by Gasteiger charge is 2.31. The topological polar surface area (TPSA) is 53.8 Å². The fraction of sp³-hybridized carbons (Fsp3) is 0.286. The van der Waals surface area contributed by atoms with E-state index in [0.717, 1.165) is 25.9 Å². The van der Waals surface area contributed by atoms with E-state index in [4.69, 9.17) is 4.74 Å². The summed E-state index contributed by atoms with van der Waals surface area (Å²) in [6.07, 6.45) is 5.14. The molecule has 0 aliphatic carbocycles. The van der Waals surface area contributed by atoms with Gasteiger partial charge in [-0.2, -0.15) is 0 Å². The summed E-state index contributed by atoms with van der Waals surface area (Å²) in [4.78, 5) is 14.0. The van der Waals surface area contributed by atoms with Gasteiger partial charge < -0.3 is 14.7 Å². The Morgan fingerprint density at radius 2 is 1.81 bits per heavy atom. The number of hydrogen-bond acceptors (Lipinski definition) is 3. The highest BCUT2D eigenvalue weighted by Crippen LogP contribution is 2.38. The summed E-state index contributed by atoms with van der Waals surface area (Å²) >= 11 is 0. The third-order valence-corrected chi connectivity index (χ3v) is 5.05. The second kappa shape index (κ2) is 6.92. The van der Waals surface area contributed by atoms with Crippen LogP contribution in [0.4, 0.5) is 4.39 Å². The van der Waals surface area contributed by atoms with Gasteiger partial charge in [-0.3, -0.25) is 4.79 Å². The highest BCUT2D eigenvalue weighted by atomic mass is 19.1. The molecule has 4 nitrogen and oxygen atoms in total. The Morgan fingerprint density at radius 1 is 1.08 bits per heavy atom. The Kier molecular flexibility index (Phi) is 4.47. The molecule has 1 N–H and O–H groups in total. The van der Waals surface area contributed by atoms with Gasteiger partial charge in [-0.25, -0.2) is 4.39 Å². The van der Waals surface area contributed by atoms with E-state index in [9.17, 15) is 14.3 Å². The van der Waals surface area contributed by atoms with Crippen LogP contribution in [0.3, 0.4) is 0 Å². The molecule has 0 unspecified atom stereocenters. The van der Waals surface area contributed by atoms with Gasteiger partial charge >= 0.3 is 0 Å². The number of piperidine rings is 1. The number of ketones is 1. The maximum atomic E-state index is 13.1. The van der Waals surface area contributed by atoms with Crippen molar-refractivity contribution in [2.75, 3.05) is 13.1 Å².